The van der Waals surface area contributed by atoms with Crippen molar-refractivity contribution in [1.82, 2.24) is 0 Å². The first-order valence-corrected chi connectivity index (χ1v) is 5.02. The van der Waals surface area contributed by atoms with Crippen molar-refractivity contribution in [3.63, 3.8) is 0 Å². The van der Waals surface area contributed by atoms with Crippen LogP contribution in [0.2, 0.25) is 0 Å². The monoisotopic (exact) mass is 218 g/mol. The van der Waals surface area contributed by atoms with E-state index >= 15 is 0 Å². The summed E-state index contributed by atoms with van der Waals surface area (Å²) in [4.78, 5) is 11.0. The highest BCUT2D eigenvalue weighted by molar-refractivity contribution is 5.71. The van der Waals surface area contributed by atoms with Crippen LogP contribution in [0.1, 0.15) is 26.7 Å². The quantitative estimate of drug-likeness (QED) is 0.723. The van der Waals surface area contributed by atoms with E-state index in [1.54, 1.807) is 13.8 Å². The van der Waals surface area contributed by atoms with Gasteiger partial charge in [-0.25, -0.2) is 0 Å². The van der Waals surface area contributed by atoms with Crippen LogP contribution in [0.3, 0.4) is 0 Å². The highest BCUT2D eigenvalue weighted by atomic mass is 16.7. The number of aliphatic hydroxyl groups excluding tert-OH is 1. The van der Waals surface area contributed by atoms with Crippen LogP contribution in [0.25, 0.3) is 0 Å². The molecule has 0 aromatic carbocycles. The van der Waals surface area contributed by atoms with Gasteiger partial charge in [-0.15, -0.1) is 0 Å². The van der Waals surface area contributed by atoms with Crippen molar-refractivity contribution in [1.29, 1.82) is 0 Å². The van der Waals surface area contributed by atoms with E-state index in [4.69, 9.17) is 14.6 Å². The molecular weight excluding hydrogens is 200 g/mol. The lowest BCUT2D eigenvalue weighted by atomic mass is 9.95. The lowest BCUT2D eigenvalue weighted by Gasteiger charge is -2.23. The summed E-state index contributed by atoms with van der Waals surface area (Å²) >= 11 is 0. The topological polar surface area (TPSA) is 76.0 Å². The first-order valence-electron chi connectivity index (χ1n) is 5.02. The van der Waals surface area contributed by atoms with E-state index in [0.717, 1.165) is 0 Å². The molecule has 0 saturated carbocycles. The minimum Gasteiger partial charge on any atom is -0.481 e. The molecule has 0 radical (unpaired) electrons. The van der Waals surface area contributed by atoms with Gasteiger partial charge in [-0.1, -0.05) is 0 Å². The summed E-state index contributed by atoms with van der Waals surface area (Å²) in [5.74, 6) is -2.35. The molecule has 1 aliphatic rings. The van der Waals surface area contributed by atoms with Crippen LogP contribution in [0, 0.1) is 5.92 Å². The average Bonchev–Trinajstić information content (AvgIpc) is 2.43. The fourth-order valence-corrected chi connectivity index (χ4v) is 1.91. The van der Waals surface area contributed by atoms with Gasteiger partial charge in [-0.05, 0) is 13.8 Å². The van der Waals surface area contributed by atoms with Gasteiger partial charge in [-0.2, -0.15) is 0 Å². The number of methoxy groups -OCH3 is 1. The van der Waals surface area contributed by atoms with Crippen LogP contribution in [-0.2, 0) is 14.3 Å². The van der Waals surface area contributed by atoms with Gasteiger partial charge in [0.15, 0.2) is 5.79 Å². The Kier molecular flexibility index (Phi) is 3.70. The molecule has 1 saturated heterocycles. The number of aliphatic hydroxyl groups is 1. The summed E-state index contributed by atoms with van der Waals surface area (Å²) in [5, 5.41) is 18.2. The highest BCUT2D eigenvalue weighted by Gasteiger charge is 2.47. The molecule has 5 heteroatoms. The Morgan fingerprint density at radius 1 is 1.73 bits per heavy atom. The zero-order valence-electron chi connectivity index (χ0n) is 9.27. The van der Waals surface area contributed by atoms with Crippen LogP contribution in [0.5, 0.6) is 0 Å². The SMILES string of the molecule is COC1(C)C[C@@H](C(=O)O)[C@@H](C[C@H](C)O)O1. The van der Waals surface area contributed by atoms with Gasteiger partial charge in [0, 0.05) is 20.0 Å². The van der Waals surface area contributed by atoms with Crippen LogP contribution < -0.4 is 0 Å². The first kappa shape index (κ1) is 12.4. The Morgan fingerprint density at radius 2 is 2.33 bits per heavy atom. The first-order chi connectivity index (χ1) is 6.88. The van der Waals surface area contributed by atoms with Crippen molar-refractivity contribution in [3.8, 4) is 0 Å². The number of rotatable bonds is 4. The molecule has 1 aliphatic heterocycles. The van der Waals surface area contributed by atoms with E-state index in [-0.39, 0.29) is 0 Å². The van der Waals surface area contributed by atoms with Gasteiger partial charge < -0.3 is 19.7 Å². The summed E-state index contributed by atoms with van der Waals surface area (Å²) in [6.45, 7) is 3.33. The second-order valence-electron chi connectivity index (χ2n) is 4.23. The molecular formula is C10H18O5. The predicted molar refractivity (Wildman–Crippen MR) is 52.3 cm³/mol. The van der Waals surface area contributed by atoms with Gasteiger partial charge in [0.2, 0.25) is 0 Å². The molecule has 5 nitrogen and oxygen atoms in total. The maximum absolute atomic E-state index is 11.0. The second kappa shape index (κ2) is 4.47. The van der Waals surface area contributed by atoms with Gasteiger partial charge in [0.05, 0.1) is 18.1 Å². The van der Waals surface area contributed by atoms with Crippen molar-refractivity contribution < 1.29 is 24.5 Å². The molecule has 2 N–H and O–H groups in total. The van der Waals surface area contributed by atoms with Gasteiger partial charge in [0.1, 0.15) is 0 Å². The molecule has 0 aliphatic carbocycles. The summed E-state index contributed by atoms with van der Waals surface area (Å²) in [6.07, 6.45) is -0.421. The molecule has 0 aromatic rings. The van der Waals surface area contributed by atoms with Crippen LogP contribution in [0.4, 0.5) is 0 Å². The number of hydrogen-bond acceptors (Lipinski definition) is 4. The minimum absolute atomic E-state index is 0.315. The molecule has 15 heavy (non-hydrogen) atoms. The smallest absolute Gasteiger partial charge is 0.309 e. The van der Waals surface area contributed by atoms with Crippen LogP contribution in [-0.4, -0.2) is 41.3 Å². The molecule has 1 heterocycles. The van der Waals surface area contributed by atoms with Gasteiger partial charge in [-0.3, -0.25) is 4.79 Å². The van der Waals surface area contributed by atoms with Crippen molar-refractivity contribution in [2.45, 2.75) is 44.7 Å². The molecule has 1 rings (SSSR count). The Balaban J connectivity index is 2.72. The summed E-state index contributed by atoms with van der Waals surface area (Å²) in [5.41, 5.74) is 0. The van der Waals surface area contributed by atoms with E-state index in [2.05, 4.69) is 0 Å². The number of aliphatic carboxylic acids is 1. The minimum atomic E-state index is -0.901. The maximum atomic E-state index is 11.0. The predicted octanol–water partition coefficient (Wildman–Crippen LogP) is 0.610. The summed E-state index contributed by atoms with van der Waals surface area (Å²) in [6, 6.07) is 0. The Hall–Kier alpha value is -0.650. The summed E-state index contributed by atoms with van der Waals surface area (Å²) < 4.78 is 10.6. The molecule has 1 unspecified atom stereocenters. The number of carboxylic acid groups (broad SMARTS) is 1. The third kappa shape index (κ3) is 2.90. The molecule has 0 bridgehead atoms. The molecule has 4 atom stereocenters. The van der Waals surface area contributed by atoms with E-state index in [1.165, 1.54) is 7.11 Å². The third-order valence-electron chi connectivity index (χ3n) is 2.76. The number of carbonyl (C=O) groups is 1. The average molecular weight is 218 g/mol. The van der Waals surface area contributed by atoms with Crippen molar-refractivity contribution >= 4 is 5.97 Å². The highest BCUT2D eigenvalue weighted by Crippen LogP contribution is 2.37. The van der Waals surface area contributed by atoms with E-state index in [1.807, 2.05) is 0 Å². The lowest BCUT2D eigenvalue weighted by Crippen LogP contribution is -2.28. The van der Waals surface area contributed by atoms with Crippen molar-refractivity contribution in [3.05, 3.63) is 0 Å². The second-order valence-corrected chi connectivity index (χ2v) is 4.23. The van der Waals surface area contributed by atoms with Gasteiger partial charge in [0.25, 0.3) is 0 Å². The molecule has 88 valence electrons. The number of hydrogen-bond donors (Lipinski definition) is 2. The standard InChI is InChI=1S/C10H18O5/c1-6(11)4-8-7(9(12)13)5-10(2,14-3)15-8/h6-8,11H,4-5H2,1-3H3,(H,12,13)/t6-,7+,8+,10?/m0/s1. The Labute approximate surface area is 89.0 Å². The molecule has 0 aromatic heterocycles. The van der Waals surface area contributed by atoms with Gasteiger partial charge >= 0.3 is 5.97 Å². The zero-order valence-corrected chi connectivity index (χ0v) is 9.27. The molecule has 0 amide bonds. The largest absolute Gasteiger partial charge is 0.481 e. The third-order valence-corrected chi connectivity index (χ3v) is 2.76. The Morgan fingerprint density at radius 3 is 2.73 bits per heavy atom. The van der Waals surface area contributed by atoms with E-state index in [9.17, 15) is 9.90 Å². The zero-order chi connectivity index (χ0) is 11.6. The normalized spacial score (nSPS) is 37.9. The van der Waals surface area contributed by atoms with E-state index < -0.39 is 29.9 Å². The van der Waals surface area contributed by atoms with Crippen LogP contribution in [0.15, 0.2) is 0 Å². The van der Waals surface area contributed by atoms with Crippen molar-refractivity contribution in [2.75, 3.05) is 7.11 Å². The number of carboxylic acids is 1. The summed E-state index contributed by atoms with van der Waals surface area (Å²) in [7, 11) is 1.49. The van der Waals surface area contributed by atoms with Crippen molar-refractivity contribution in [2.24, 2.45) is 5.92 Å². The lowest BCUT2D eigenvalue weighted by molar-refractivity contribution is -0.202. The van der Waals surface area contributed by atoms with Crippen LogP contribution >= 0.6 is 0 Å². The Bertz CT molecular complexity index is 240. The fraction of sp³-hybridized carbons (Fsp3) is 0.900. The molecule has 1 fully saturated rings. The fourth-order valence-electron chi connectivity index (χ4n) is 1.91. The number of ether oxygens (including phenoxy) is 2. The maximum Gasteiger partial charge on any atom is 0.309 e. The van der Waals surface area contributed by atoms with E-state index in [0.29, 0.717) is 12.8 Å². The molecule has 0 spiro atoms.